The standard InChI is InChI=1S/C23H24N4O/c1-3-16(2)27-22(25-20-11-6-4-10-18(20)23(27)28)19-15-26(14-8-13-24)21-12-7-5-9-17(19)21/h4-7,9-12,15-16,22,25H,3,8,14H2,1-2H3/t16-,22+/m1/s1. The van der Waals surface area contributed by atoms with Gasteiger partial charge in [-0.1, -0.05) is 37.3 Å². The van der Waals surface area contributed by atoms with Crippen LogP contribution in [0.3, 0.4) is 0 Å². The summed E-state index contributed by atoms with van der Waals surface area (Å²) >= 11 is 0. The van der Waals surface area contributed by atoms with Crippen molar-refractivity contribution in [3.63, 3.8) is 0 Å². The van der Waals surface area contributed by atoms with Crippen molar-refractivity contribution < 1.29 is 4.79 Å². The van der Waals surface area contributed by atoms with Crippen molar-refractivity contribution in [2.45, 2.75) is 45.4 Å². The minimum Gasteiger partial charge on any atom is -0.361 e. The van der Waals surface area contributed by atoms with E-state index in [1.807, 2.05) is 41.3 Å². The molecule has 5 heteroatoms. The Kier molecular flexibility index (Phi) is 4.79. The minimum atomic E-state index is -0.245. The van der Waals surface area contributed by atoms with Crippen LogP contribution in [-0.2, 0) is 6.54 Å². The summed E-state index contributed by atoms with van der Waals surface area (Å²) in [6, 6.07) is 18.2. The van der Waals surface area contributed by atoms with Crippen molar-refractivity contribution in [1.82, 2.24) is 9.47 Å². The molecule has 1 aliphatic heterocycles. The molecular weight excluding hydrogens is 348 g/mol. The number of benzene rings is 2. The topological polar surface area (TPSA) is 61.1 Å². The number of para-hydroxylation sites is 2. The molecule has 2 atom stereocenters. The van der Waals surface area contributed by atoms with Crippen molar-refractivity contribution in [3.8, 4) is 6.07 Å². The number of aromatic nitrogens is 1. The van der Waals surface area contributed by atoms with E-state index in [2.05, 4.69) is 48.1 Å². The second-order valence-corrected chi connectivity index (χ2v) is 7.27. The van der Waals surface area contributed by atoms with Crippen LogP contribution in [0.4, 0.5) is 5.69 Å². The molecule has 0 spiro atoms. The van der Waals surface area contributed by atoms with Gasteiger partial charge in [-0.2, -0.15) is 5.26 Å². The second kappa shape index (κ2) is 7.40. The number of aryl methyl sites for hydroxylation is 1. The second-order valence-electron chi connectivity index (χ2n) is 7.27. The Balaban J connectivity index is 1.87. The minimum absolute atomic E-state index is 0.0579. The number of carbonyl (C=O) groups excluding carboxylic acids is 1. The number of hydrogen-bond acceptors (Lipinski definition) is 3. The van der Waals surface area contributed by atoms with E-state index in [9.17, 15) is 4.79 Å². The molecule has 2 aromatic carbocycles. The van der Waals surface area contributed by atoms with Crippen molar-refractivity contribution >= 4 is 22.5 Å². The fraction of sp³-hybridized carbons (Fsp3) is 0.304. The van der Waals surface area contributed by atoms with Crippen LogP contribution >= 0.6 is 0 Å². The molecule has 5 nitrogen and oxygen atoms in total. The predicted octanol–water partition coefficient (Wildman–Crippen LogP) is 4.92. The number of amides is 1. The predicted molar refractivity (Wildman–Crippen MR) is 111 cm³/mol. The summed E-state index contributed by atoms with van der Waals surface area (Å²) < 4.78 is 2.12. The number of rotatable bonds is 5. The van der Waals surface area contributed by atoms with Crippen LogP contribution in [0.15, 0.2) is 54.7 Å². The summed E-state index contributed by atoms with van der Waals surface area (Å²) in [5.41, 5.74) is 3.74. The number of nitriles is 1. The van der Waals surface area contributed by atoms with Crippen molar-refractivity contribution in [2.75, 3.05) is 5.32 Å². The van der Waals surface area contributed by atoms with Crippen LogP contribution in [0, 0.1) is 11.3 Å². The number of carbonyl (C=O) groups is 1. The molecule has 142 valence electrons. The first-order valence-electron chi connectivity index (χ1n) is 9.78. The SMILES string of the molecule is CC[C@@H](C)N1C(=O)c2ccccc2N[C@@H]1c1cn(CCC#N)c2ccccc12. The molecule has 0 saturated carbocycles. The average molecular weight is 372 g/mol. The van der Waals surface area contributed by atoms with E-state index in [1.165, 1.54) is 0 Å². The molecule has 0 unspecified atom stereocenters. The quantitative estimate of drug-likeness (QED) is 0.691. The lowest BCUT2D eigenvalue weighted by Crippen LogP contribution is -2.47. The van der Waals surface area contributed by atoms with Crippen LogP contribution in [-0.4, -0.2) is 21.4 Å². The van der Waals surface area contributed by atoms with E-state index in [1.54, 1.807) is 0 Å². The molecule has 0 saturated heterocycles. The highest BCUT2D eigenvalue weighted by molar-refractivity contribution is 6.02. The van der Waals surface area contributed by atoms with Gasteiger partial charge < -0.3 is 14.8 Å². The Labute approximate surface area is 165 Å². The maximum Gasteiger partial charge on any atom is 0.258 e. The number of nitrogens with zero attached hydrogens (tertiary/aromatic N) is 3. The number of nitrogens with one attached hydrogen (secondary N) is 1. The lowest BCUT2D eigenvalue weighted by molar-refractivity contribution is 0.0595. The average Bonchev–Trinajstić information content (AvgIpc) is 3.10. The maximum atomic E-state index is 13.4. The highest BCUT2D eigenvalue weighted by atomic mass is 16.2. The molecule has 28 heavy (non-hydrogen) atoms. The number of fused-ring (bicyclic) bond motifs is 2. The summed E-state index contributed by atoms with van der Waals surface area (Å²) in [7, 11) is 0. The van der Waals surface area contributed by atoms with Crippen molar-refractivity contribution in [1.29, 1.82) is 5.26 Å². The van der Waals surface area contributed by atoms with Gasteiger partial charge in [0.2, 0.25) is 0 Å². The lowest BCUT2D eigenvalue weighted by atomic mass is 10.0. The zero-order valence-electron chi connectivity index (χ0n) is 16.2. The maximum absolute atomic E-state index is 13.4. The summed E-state index contributed by atoms with van der Waals surface area (Å²) in [6.45, 7) is 4.83. The van der Waals surface area contributed by atoms with Gasteiger partial charge in [-0.25, -0.2) is 0 Å². The highest BCUT2D eigenvalue weighted by Gasteiger charge is 2.36. The normalized spacial score (nSPS) is 17.1. The van der Waals surface area contributed by atoms with Gasteiger partial charge in [0, 0.05) is 40.9 Å². The summed E-state index contributed by atoms with van der Waals surface area (Å²) in [5.74, 6) is 0.0579. The van der Waals surface area contributed by atoms with E-state index >= 15 is 0 Å². The Morgan fingerprint density at radius 1 is 1.18 bits per heavy atom. The largest absolute Gasteiger partial charge is 0.361 e. The molecule has 0 fully saturated rings. The third kappa shape index (κ3) is 2.91. The van der Waals surface area contributed by atoms with Crippen LogP contribution in [0.25, 0.3) is 10.9 Å². The molecule has 1 aliphatic rings. The fourth-order valence-corrected chi connectivity index (χ4v) is 4.00. The van der Waals surface area contributed by atoms with Crippen LogP contribution in [0.1, 0.15) is 48.8 Å². The third-order valence-electron chi connectivity index (χ3n) is 5.61. The van der Waals surface area contributed by atoms with Crippen LogP contribution in [0.5, 0.6) is 0 Å². The molecule has 1 aromatic heterocycles. The van der Waals surface area contributed by atoms with Crippen molar-refractivity contribution in [3.05, 3.63) is 65.9 Å². The van der Waals surface area contributed by atoms with Gasteiger partial charge in [0.25, 0.3) is 5.91 Å². The zero-order valence-corrected chi connectivity index (χ0v) is 16.2. The molecule has 0 bridgehead atoms. The van der Waals surface area contributed by atoms with E-state index in [4.69, 9.17) is 5.26 Å². The summed E-state index contributed by atoms with van der Waals surface area (Å²) in [6.07, 6.45) is 3.17. The number of anilines is 1. The molecule has 1 N–H and O–H groups in total. The van der Waals surface area contributed by atoms with Gasteiger partial charge in [-0.3, -0.25) is 4.79 Å². The first kappa shape index (κ1) is 18.1. The van der Waals surface area contributed by atoms with Gasteiger partial charge in [-0.15, -0.1) is 0 Å². The van der Waals surface area contributed by atoms with E-state index in [0.717, 1.165) is 28.6 Å². The Morgan fingerprint density at radius 3 is 2.71 bits per heavy atom. The van der Waals surface area contributed by atoms with Gasteiger partial charge >= 0.3 is 0 Å². The van der Waals surface area contributed by atoms with Gasteiger partial charge in [0.05, 0.1) is 18.1 Å². The first-order chi connectivity index (χ1) is 13.7. The molecule has 0 radical (unpaired) electrons. The summed E-state index contributed by atoms with van der Waals surface area (Å²) in [4.78, 5) is 15.3. The van der Waals surface area contributed by atoms with Gasteiger partial charge in [0.1, 0.15) is 6.17 Å². The first-order valence-corrected chi connectivity index (χ1v) is 9.78. The summed E-state index contributed by atoms with van der Waals surface area (Å²) in [5, 5.41) is 13.7. The van der Waals surface area contributed by atoms with Crippen molar-refractivity contribution in [2.24, 2.45) is 0 Å². The Bertz CT molecular complexity index is 1060. The highest BCUT2D eigenvalue weighted by Crippen LogP contribution is 2.38. The van der Waals surface area contributed by atoms with Gasteiger partial charge in [0.15, 0.2) is 0 Å². The smallest absolute Gasteiger partial charge is 0.258 e. The molecule has 1 amide bonds. The van der Waals surface area contributed by atoms with Crippen LogP contribution in [0.2, 0.25) is 0 Å². The molecule has 0 aliphatic carbocycles. The van der Waals surface area contributed by atoms with E-state index in [0.29, 0.717) is 18.5 Å². The molecule has 3 aromatic rings. The Morgan fingerprint density at radius 2 is 1.93 bits per heavy atom. The lowest BCUT2D eigenvalue weighted by Gasteiger charge is -2.41. The number of hydrogen-bond donors (Lipinski definition) is 1. The van der Waals surface area contributed by atoms with Gasteiger partial charge in [-0.05, 0) is 31.5 Å². The third-order valence-corrected chi connectivity index (χ3v) is 5.61. The Hall–Kier alpha value is -3.26. The fourth-order valence-electron chi connectivity index (χ4n) is 4.00. The van der Waals surface area contributed by atoms with E-state index in [-0.39, 0.29) is 18.1 Å². The molecular formula is C23H24N4O. The van der Waals surface area contributed by atoms with Crippen LogP contribution < -0.4 is 5.32 Å². The molecule has 4 rings (SSSR count). The van der Waals surface area contributed by atoms with E-state index < -0.39 is 0 Å². The zero-order chi connectivity index (χ0) is 19.7. The molecule has 2 heterocycles. The monoisotopic (exact) mass is 372 g/mol.